The Morgan fingerprint density at radius 1 is 1.07 bits per heavy atom. The Bertz CT molecular complexity index is 887. The normalized spacial score (nSPS) is 11.9. The first-order valence-corrected chi connectivity index (χ1v) is 8.32. The van der Waals surface area contributed by atoms with Crippen LogP contribution in [0.3, 0.4) is 0 Å². The van der Waals surface area contributed by atoms with Gasteiger partial charge in [0.2, 0.25) is 11.9 Å². The van der Waals surface area contributed by atoms with E-state index >= 15 is 0 Å². The molecule has 0 saturated heterocycles. The summed E-state index contributed by atoms with van der Waals surface area (Å²) in [5, 5.41) is 6.70. The van der Waals surface area contributed by atoms with Crippen molar-refractivity contribution < 1.29 is 31.1 Å². The molecule has 1 aromatic heterocycles. The van der Waals surface area contributed by atoms with Crippen molar-refractivity contribution in [1.29, 1.82) is 0 Å². The molecule has 13 heteroatoms. The van der Waals surface area contributed by atoms with Gasteiger partial charge in [-0.15, -0.1) is 0 Å². The zero-order valence-electron chi connectivity index (χ0n) is 14.7. The van der Waals surface area contributed by atoms with Gasteiger partial charge in [0.05, 0.1) is 10.6 Å². The summed E-state index contributed by atoms with van der Waals surface area (Å²) in [6.07, 6.45) is -8.98. The minimum Gasteiger partial charge on any atom is -0.368 e. The lowest BCUT2D eigenvalue weighted by molar-refractivity contribution is -0.138. The van der Waals surface area contributed by atoms with Gasteiger partial charge in [-0.25, -0.2) is 4.98 Å². The summed E-state index contributed by atoms with van der Waals surface area (Å²) < 4.78 is 78.2. The van der Waals surface area contributed by atoms with E-state index in [1.165, 1.54) is 13.0 Å². The lowest BCUT2D eigenvalue weighted by Gasteiger charge is -2.15. The Hall–Kier alpha value is -2.76. The molecule has 1 amide bonds. The topological polar surface area (TPSA) is 78.9 Å². The number of anilines is 3. The monoisotopic (exact) mass is 441 g/mol. The average molecular weight is 442 g/mol. The van der Waals surface area contributed by atoms with Gasteiger partial charge in [0.25, 0.3) is 0 Å². The van der Waals surface area contributed by atoms with Gasteiger partial charge in [-0.1, -0.05) is 11.6 Å². The van der Waals surface area contributed by atoms with E-state index in [9.17, 15) is 31.1 Å². The first-order valence-electron chi connectivity index (χ1n) is 7.94. The van der Waals surface area contributed by atoms with Crippen LogP contribution < -0.4 is 16.0 Å². The number of halogens is 7. The molecular formula is C16H14ClF6N5O. The molecule has 29 heavy (non-hydrogen) atoms. The van der Waals surface area contributed by atoms with E-state index < -0.39 is 34.3 Å². The minimum atomic E-state index is -4.77. The maximum Gasteiger partial charge on any atom is 0.421 e. The highest BCUT2D eigenvalue weighted by molar-refractivity contribution is 6.31. The molecule has 0 atom stereocenters. The van der Waals surface area contributed by atoms with E-state index in [0.29, 0.717) is 12.3 Å². The Labute approximate surface area is 165 Å². The predicted octanol–water partition coefficient (Wildman–Crippen LogP) is 4.46. The third-order valence-electron chi connectivity index (χ3n) is 3.41. The molecule has 0 spiro atoms. The molecule has 6 nitrogen and oxygen atoms in total. The highest BCUT2D eigenvalue weighted by Crippen LogP contribution is 2.37. The van der Waals surface area contributed by atoms with Crippen LogP contribution in [0, 0.1) is 0 Å². The van der Waals surface area contributed by atoms with Crippen molar-refractivity contribution in [3.05, 3.63) is 40.5 Å². The molecule has 0 radical (unpaired) electrons. The van der Waals surface area contributed by atoms with Crippen molar-refractivity contribution in [3.63, 3.8) is 0 Å². The second-order valence-electron chi connectivity index (χ2n) is 5.68. The van der Waals surface area contributed by atoms with Crippen LogP contribution in [0.1, 0.15) is 18.1 Å². The lowest BCUT2D eigenvalue weighted by Crippen LogP contribution is -2.27. The number of amides is 1. The van der Waals surface area contributed by atoms with Gasteiger partial charge in [0.1, 0.15) is 11.4 Å². The van der Waals surface area contributed by atoms with E-state index in [-0.39, 0.29) is 30.6 Å². The number of hydrogen-bond donors (Lipinski definition) is 3. The molecule has 1 aromatic carbocycles. The molecule has 3 N–H and O–H groups in total. The zero-order valence-corrected chi connectivity index (χ0v) is 15.4. The van der Waals surface area contributed by atoms with E-state index in [4.69, 9.17) is 11.6 Å². The lowest BCUT2D eigenvalue weighted by atomic mass is 10.2. The number of nitrogens with one attached hydrogen (secondary N) is 3. The number of alkyl halides is 6. The third kappa shape index (κ3) is 6.38. The number of hydrogen-bond acceptors (Lipinski definition) is 5. The van der Waals surface area contributed by atoms with Crippen molar-refractivity contribution in [1.82, 2.24) is 15.3 Å². The van der Waals surface area contributed by atoms with E-state index in [1.807, 2.05) is 0 Å². The summed E-state index contributed by atoms with van der Waals surface area (Å²) in [5.41, 5.74) is -2.41. The summed E-state index contributed by atoms with van der Waals surface area (Å²) in [4.78, 5) is 18.0. The van der Waals surface area contributed by atoms with Crippen LogP contribution in [0.2, 0.25) is 5.02 Å². The van der Waals surface area contributed by atoms with Crippen LogP contribution in [0.4, 0.5) is 43.8 Å². The van der Waals surface area contributed by atoms with Crippen molar-refractivity contribution in [3.8, 4) is 0 Å². The third-order valence-corrected chi connectivity index (χ3v) is 3.74. The zero-order chi connectivity index (χ0) is 21.8. The maximum absolute atomic E-state index is 13.1. The molecule has 158 valence electrons. The number of aromatic nitrogens is 2. The number of nitrogens with zero attached hydrogens (tertiary/aromatic N) is 2. The fourth-order valence-corrected chi connectivity index (χ4v) is 2.38. The Morgan fingerprint density at radius 3 is 2.31 bits per heavy atom. The molecule has 0 aliphatic rings. The molecule has 0 unspecified atom stereocenters. The predicted molar refractivity (Wildman–Crippen MR) is 93.9 cm³/mol. The second-order valence-corrected chi connectivity index (χ2v) is 6.09. The van der Waals surface area contributed by atoms with E-state index in [2.05, 4.69) is 25.9 Å². The van der Waals surface area contributed by atoms with Gasteiger partial charge in [-0.2, -0.15) is 31.3 Å². The van der Waals surface area contributed by atoms with Crippen LogP contribution in [0.5, 0.6) is 0 Å². The fraction of sp³-hybridized carbons (Fsp3) is 0.312. The molecular weight excluding hydrogens is 428 g/mol. The van der Waals surface area contributed by atoms with E-state index in [0.717, 1.165) is 6.07 Å². The number of carbonyl (C=O) groups excluding carboxylic acids is 1. The summed E-state index contributed by atoms with van der Waals surface area (Å²) in [7, 11) is 0. The Morgan fingerprint density at radius 2 is 1.72 bits per heavy atom. The molecule has 2 aromatic rings. The standard InChI is InChI=1S/C16H14ClF6N5O/c1-8(29)24-4-5-25-13-11(16(21,22)23)7-26-14(28-13)27-9-2-3-12(17)10(6-9)15(18,19)20/h2-3,6-7H,4-5H2,1H3,(H,24,29)(H2,25,26,27,28). The van der Waals surface area contributed by atoms with Gasteiger partial charge in [-0.05, 0) is 18.2 Å². The van der Waals surface area contributed by atoms with Crippen molar-refractivity contribution in [2.75, 3.05) is 23.7 Å². The van der Waals surface area contributed by atoms with Gasteiger partial charge < -0.3 is 16.0 Å². The van der Waals surface area contributed by atoms with Crippen molar-refractivity contribution in [2.24, 2.45) is 0 Å². The van der Waals surface area contributed by atoms with Gasteiger partial charge >= 0.3 is 12.4 Å². The minimum absolute atomic E-state index is 0.0333. The smallest absolute Gasteiger partial charge is 0.368 e. The molecule has 0 aliphatic carbocycles. The molecule has 1 heterocycles. The maximum atomic E-state index is 13.1. The number of rotatable bonds is 6. The SMILES string of the molecule is CC(=O)NCCNc1nc(Nc2ccc(Cl)c(C(F)(F)F)c2)ncc1C(F)(F)F. The summed E-state index contributed by atoms with van der Waals surface area (Å²) in [5.74, 6) is -1.32. The average Bonchev–Trinajstić information content (AvgIpc) is 2.58. The van der Waals surface area contributed by atoms with Crippen LogP contribution in [0.25, 0.3) is 0 Å². The first kappa shape index (κ1) is 22.5. The molecule has 0 aliphatic heterocycles. The van der Waals surface area contributed by atoms with Gasteiger partial charge in [0, 0.05) is 31.9 Å². The van der Waals surface area contributed by atoms with Crippen molar-refractivity contribution >= 4 is 35.0 Å². The highest BCUT2D eigenvalue weighted by Gasteiger charge is 2.35. The van der Waals surface area contributed by atoms with Crippen LogP contribution >= 0.6 is 11.6 Å². The van der Waals surface area contributed by atoms with Crippen molar-refractivity contribution in [2.45, 2.75) is 19.3 Å². The summed E-state index contributed by atoms with van der Waals surface area (Å²) >= 11 is 5.53. The molecule has 0 fully saturated rings. The van der Waals surface area contributed by atoms with Crippen LogP contribution in [-0.2, 0) is 17.1 Å². The van der Waals surface area contributed by atoms with Crippen LogP contribution in [-0.4, -0.2) is 29.0 Å². The van der Waals surface area contributed by atoms with Crippen LogP contribution in [0.15, 0.2) is 24.4 Å². The Balaban J connectivity index is 2.27. The molecule has 0 bridgehead atoms. The quantitative estimate of drug-likeness (QED) is 0.456. The summed E-state index contributed by atoms with van der Waals surface area (Å²) in [6, 6.07) is 2.87. The highest BCUT2D eigenvalue weighted by atomic mass is 35.5. The molecule has 0 saturated carbocycles. The number of carbonyl (C=O) groups is 1. The van der Waals surface area contributed by atoms with E-state index in [1.54, 1.807) is 0 Å². The Kier molecular flexibility index (Phi) is 6.77. The van der Waals surface area contributed by atoms with Gasteiger partial charge in [-0.3, -0.25) is 4.79 Å². The second kappa shape index (κ2) is 8.72. The molecule has 2 rings (SSSR count). The number of benzene rings is 1. The largest absolute Gasteiger partial charge is 0.421 e. The van der Waals surface area contributed by atoms with Gasteiger partial charge in [0.15, 0.2) is 0 Å². The summed E-state index contributed by atoms with van der Waals surface area (Å²) in [6.45, 7) is 1.21. The first-order chi connectivity index (χ1) is 13.4. The fourth-order valence-electron chi connectivity index (χ4n) is 2.15.